The summed E-state index contributed by atoms with van der Waals surface area (Å²) in [5, 5.41) is 17.2. The van der Waals surface area contributed by atoms with Crippen molar-refractivity contribution in [3.05, 3.63) is 54.1 Å². The summed E-state index contributed by atoms with van der Waals surface area (Å²) in [6.07, 6.45) is 3.84. The van der Waals surface area contributed by atoms with Gasteiger partial charge in [-0.25, -0.2) is 0 Å². The first-order valence-corrected chi connectivity index (χ1v) is 11.6. The van der Waals surface area contributed by atoms with Crippen molar-refractivity contribution in [1.29, 1.82) is 5.26 Å². The van der Waals surface area contributed by atoms with Gasteiger partial charge in [-0.2, -0.15) is 15.5 Å². The molecule has 8 nitrogen and oxygen atoms in total. The van der Waals surface area contributed by atoms with Crippen molar-refractivity contribution in [2.45, 2.75) is 46.0 Å². The van der Waals surface area contributed by atoms with Crippen LogP contribution >= 0.6 is 0 Å². The highest BCUT2D eigenvalue weighted by molar-refractivity contribution is 5.94. The van der Waals surface area contributed by atoms with Crippen LogP contribution in [0.3, 0.4) is 0 Å². The van der Waals surface area contributed by atoms with Crippen LogP contribution in [-0.4, -0.2) is 31.8 Å². The van der Waals surface area contributed by atoms with Crippen molar-refractivity contribution in [3.8, 4) is 11.8 Å². The molecule has 0 fully saturated rings. The highest BCUT2D eigenvalue weighted by Gasteiger charge is 2.28. The van der Waals surface area contributed by atoms with Gasteiger partial charge in [0.25, 0.3) is 0 Å². The fourth-order valence-corrected chi connectivity index (χ4v) is 3.14. The van der Waals surface area contributed by atoms with Crippen molar-refractivity contribution in [3.63, 3.8) is 0 Å². The average molecular weight is 466 g/mol. The molecule has 0 saturated carbocycles. The standard InChI is InChI=1S/C26H31N3O5/c1-3-32-25(30)24(26(31)33-4-2)9-7-5-6-8-18-34-23-16-14-22(15-17-23)29-28-21-12-10-20(19-27)11-13-21/h10-17,24H,3-9,18H2,1-2H3. The van der Waals surface area contributed by atoms with E-state index in [2.05, 4.69) is 16.3 Å². The maximum atomic E-state index is 12.0. The third kappa shape index (κ3) is 9.41. The average Bonchev–Trinajstić information content (AvgIpc) is 2.85. The second kappa shape index (κ2) is 15.2. The zero-order valence-corrected chi connectivity index (χ0v) is 19.7. The molecule has 0 radical (unpaired) electrons. The molecule has 2 rings (SSSR count). The number of carbonyl (C=O) groups is 2. The minimum Gasteiger partial charge on any atom is -0.494 e. The van der Waals surface area contributed by atoms with Crippen LogP contribution in [0.5, 0.6) is 5.75 Å². The second-order valence-electron chi connectivity index (χ2n) is 7.46. The maximum Gasteiger partial charge on any atom is 0.320 e. The van der Waals surface area contributed by atoms with Crippen LogP contribution in [0.1, 0.15) is 51.5 Å². The van der Waals surface area contributed by atoms with Crippen molar-refractivity contribution >= 4 is 23.3 Å². The Morgan fingerprint density at radius 3 is 1.88 bits per heavy atom. The van der Waals surface area contributed by atoms with Crippen LogP contribution in [0.2, 0.25) is 0 Å². The molecule has 0 unspecified atom stereocenters. The third-order valence-electron chi connectivity index (χ3n) is 4.91. The lowest BCUT2D eigenvalue weighted by molar-refractivity contribution is -0.161. The Morgan fingerprint density at radius 1 is 0.824 bits per heavy atom. The number of nitriles is 1. The number of carbonyl (C=O) groups excluding carboxylic acids is 2. The molecule has 180 valence electrons. The SMILES string of the molecule is CCOC(=O)C(CCCCCCOc1ccc(N=Nc2ccc(C#N)cc2)cc1)C(=O)OCC. The van der Waals surface area contributed by atoms with Gasteiger partial charge in [0.05, 0.1) is 42.8 Å². The summed E-state index contributed by atoms with van der Waals surface area (Å²) in [4.78, 5) is 24.0. The first-order chi connectivity index (χ1) is 16.6. The number of ether oxygens (including phenoxy) is 3. The van der Waals surface area contributed by atoms with Gasteiger partial charge in [-0.1, -0.05) is 19.3 Å². The molecular formula is C26H31N3O5. The maximum absolute atomic E-state index is 12.0. The number of azo groups is 1. The normalized spacial score (nSPS) is 10.8. The first kappa shape index (κ1) is 26.5. The highest BCUT2D eigenvalue weighted by Crippen LogP contribution is 2.22. The number of hydrogen-bond acceptors (Lipinski definition) is 8. The largest absolute Gasteiger partial charge is 0.494 e. The van der Waals surface area contributed by atoms with Crippen molar-refractivity contribution in [2.75, 3.05) is 19.8 Å². The zero-order valence-electron chi connectivity index (χ0n) is 19.7. The molecule has 0 aliphatic carbocycles. The van der Waals surface area contributed by atoms with Gasteiger partial charge in [-0.3, -0.25) is 9.59 Å². The Morgan fingerprint density at radius 2 is 1.35 bits per heavy atom. The lowest BCUT2D eigenvalue weighted by atomic mass is 10.0. The van der Waals surface area contributed by atoms with Crippen LogP contribution in [-0.2, 0) is 19.1 Å². The van der Waals surface area contributed by atoms with Crippen LogP contribution in [0, 0.1) is 17.2 Å². The number of unbranched alkanes of at least 4 members (excludes halogenated alkanes) is 3. The number of nitrogens with zero attached hydrogens (tertiary/aromatic N) is 3. The molecule has 2 aromatic rings. The molecule has 0 heterocycles. The summed E-state index contributed by atoms with van der Waals surface area (Å²) in [7, 11) is 0. The Bertz CT molecular complexity index is 947. The molecule has 0 amide bonds. The first-order valence-electron chi connectivity index (χ1n) is 11.6. The molecule has 0 aromatic heterocycles. The van der Waals surface area contributed by atoms with Gasteiger partial charge >= 0.3 is 11.9 Å². The predicted molar refractivity (Wildman–Crippen MR) is 127 cm³/mol. The van der Waals surface area contributed by atoms with Crippen molar-refractivity contribution < 1.29 is 23.8 Å². The van der Waals surface area contributed by atoms with Crippen LogP contribution < -0.4 is 4.74 Å². The Hall–Kier alpha value is -3.73. The minimum atomic E-state index is -0.844. The summed E-state index contributed by atoms with van der Waals surface area (Å²) in [5.41, 5.74) is 1.96. The van der Waals surface area contributed by atoms with E-state index in [4.69, 9.17) is 19.5 Å². The number of hydrogen-bond donors (Lipinski definition) is 0. The van der Waals surface area contributed by atoms with E-state index in [9.17, 15) is 9.59 Å². The van der Waals surface area contributed by atoms with Crippen LogP contribution in [0.4, 0.5) is 11.4 Å². The Kier molecular flexibility index (Phi) is 11.8. The van der Waals surface area contributed by atoms with Gasteiger partial charge in [0, 0.05) is 0 Å². The number of esters is 2. The molecule has 8 heteroatoms. The summed E-state index contributed by atoms with van der Waals surface area (Å²) in [6.45, 7) is 4.50. The molecule has 0 N–H and O–H groups in total. The quantitative estimate of drug-likeness (QED) is 0.145. The van der Waals surface area contributed by atoms with E-state index in [0.29, 0.717) is 30.0 Å². The third-order valence-corrected chi connectivity index (χ3v) is 4.91. The van der Waals surface area contributed by atoms with Gasteiger partial charge < -0.3 is 14.2 Å². The van der Waals surface area contributed by atoms with E-state index in [0.717, 1.165) is 31.4 Å². The zero-order chi connectivity index (χ0) is 24.6. The minimum absolute atomic E-state index is 0.243. The topological polar surface area (TPSA) is 110 Å². The van der Waals surface area contributed by atoms with Gasteiger partial charge in [0.15, 0.2) is 5.92 Å². The molecular weight excluding hydrogens is 434 g/mol. The highest BCUT2D eigenvalue weighted by atomic mass is 16.6. The molecule has 0 saturated heterocycles. The number of rotatable bonds is 14. The number of benzene rings is 2. The molecule has 0 aliphatic heterocycles. The lowest BCUT2D eigenvalue weighted by Gasteiger charge is -2.14. The van der Waals surface area contributed by atoms with E-state index < -0.39 is 17.9 Å². The van der Waals surface area contributed by atoms with E-state index >= 15 is 0 Å². The molecule has 2 aromatic carbocycles. The summed E-state index contributed by atoms with van der Waals surface area (Å²) in [6, 6.07) is 16.3. The fraction of sp³-hybridized carbons (Fsp3) is 0.423. The Labute approximate surface area is 200 Å². The summed E-state index contributed by atoms with van der Waals surface area (Å²) < 4.78 is 15.7. The van der Waals surface area contributed by atoms with E-state index in [-0.39, 0.29) is 13.2 Å². The van der Waals surface area contributed by atoms with Crippen LogP contribution in [0.15, 0.2) is 58.8 Å². The molecule has 0 bridgehead atoms. The molecule has 0 aliphatic rings. The van der Waals surface area contributed by atoms with E-state index in [1.807, 2.05) is 24.3 Å². The molecule has 34 heavy (non-hydrogen) atoms. The van der Waals surface area contributed by atoms with Crippen LogP contribution in [0.25, 0.3) is 0 Å². The smallest absolute Gasteiger partial charge is 0.320 e. The fourth-order valence-electron chi connectivity index (χ4n) is 3.14. The van der Waals surface area contributed by atoms with Gasteiger partial charge in [-0.15, -0.1) is 0 Å². The summed E-state index contributed by atoms with van der Waals surface area (Å²) >= 11 is 0. The second-order valence-corrected chi connectivity index (χ2v) is 7.46. The van der Waals surface area contributed by atoms with E-state index in [1.54, 1.807) is 38.1 Å². The Balaban J connectivity index is 1.66. The monoisotopic (exact) mass is 465 g/mol. The lowest BCUT2D eigenvalue weighted by Crippen LogP contribution is -2.28. The van der Waals surface area contributed by atoms with Gasteiger partial charge in [0.2, 0.25) is 0 Å². The van der Waals surface area contributed by atoms with E-state index in [1.165, 1.54) is 0 Å². The van der Waals surface area contributed by atoms with Crippen molar-refractivity contribution in [1.82, 2.24) is 0 Å². The van der Waals surface area contributed by atoms with Gasteiger partial charge in [0.1, 0.15) is 5.75 Å². The van der Waals surface area contributed by atoms with Crippen molar-refractivity contribution in [2.24, 2.45) is 16.1 Å². The molecule has 0 spiro atoms. The summed E-state index contributed by atoms with van der Waals surface area (Å²) in [5.74, 6) is -1.11. The molecule has 0 atom stereocenters. The predicted octanol–water partition coefficient (Wildman–Crippen LogP) is 6.05. The van der Waals surface area contributed by atoms with Gasteiger partial charge in [-0.05, 0) is 75.2 Å².